The number of Topliss-reactive ketones (excluding diaryl/α,β-unsaturated/α-hetero) is 1. The molecule has 0 bridgehead atoms. The Morgan fingerprint density at radius 2 is 1.76 bits per heavy atom. The monoisotopic (exact) mass is 344 g/mol. The maximum atomic E-state index is 12.0. The van der Waals surface area contributed by atoms with Crippen molar-refractivity contribution in [1.29, 1.82) is 0 Å². The molecule has 0 atom stereocenters. The molecule has 2 aromatic rings. The highest BCUT2D eigenvalue weighted by Crippen LogP contribution is 2.36. The molecule has 0 spiro atoms. The van der Waals surface area contributed by atoms with Crippen LogP contribution in [0.4, 0.5) is 0 Å². The number of carbonyl (C=O) groups is 1. The second-order valence-electron chi connectivity index (χ2n) is 4.11. The van der Waals surface area contributed by atoms with Crippen molar-refractivity contribution in [2.45, 2.75) is 0 Å². The van der Waals surface area contributed by atoms with Gasteiger partial charge >= 0.3 is 0 Å². The average molecular weight is 345 g/mol. The van der Waals surface area contributed by atoms with Gasteiger partial charge < -0.3 is 9.47 Å². The van der Waals surface area contributed by atoms with Crippen molar-refractivity contribution in [1.82, 2.24) is 0 Å². The molecule has 0 saturated carbocycles. The van der Waals surface area contributed by atoms with E-state index in [4.69, 9.17) is 9.47 Å². The third-order valence-corrected chi connectivity index (χ3v) is 3.58. The van der Waals surface area contributed by atoms with Gasteiger partial charge in [0.25, 0.3) is 0 Å². The summed E-state index contributed by atoms with van der Waals surface area (Å²) in [7, 11) is 3.12. The van der Waals surface area contributed by atoms with Gasteiger partial charge in [0.15, 0.2) is 5.75 Å². The van der Waals surface area contributed by atoms with Crippen molar-refractivity contribution in [2.75, 3.05) is 14.2 Å². The molecule has 2 rings (SSSR count). The van der Waals surface area contributed by atoms with Crippen LogP contribution in [0.2, 0.25) is 0 Å². The quantitative estimate of drug-likeness (QED) is 0.629. The van der Waals surface area contributed by atoms with Crippen molar-refractivity contribution in [3.8, 4) is 23.3 Å². The molecule has 0 N–H and O–H groups in total. The van der Waals surface area contributed by atoms with E-state index in [2.05, 4.69) is 27.8 Å². The smallest absolute Gasteiger partial charge is 0.236 e. The fraction of sp³-hybridized carbons (Fsp3) is 0.118. The van der Waals surface area contributed by atoms with Crippen molar-refractivity contribution < 1.29 is 14.3 Å². The maximum Gasteiger partial charge on any atom is 0.236 e. The number of hydrogen-bond acceptors (Lipinski definition) is 3. The van der Waals surface area contributed by atoms with Gasteiger partial charge in [0.05, 0.1) is 19.8 Å². The zero-order valence-electron chi connectivity index (χ0n) is 11.6. The van der Waals surface area contributed by atoms with Gasteiger partial charge in [-0.2, -0.15) is 0 Å². The molecule has 0 aliphatic carbocycles. The number of methoxy groups -OCH3 is 2. The van der Waals surface area contributed by atoms with E-state index in [0.717, 1.165) is 0 Å². The molecular formula is C17H13BrO3. The number of ketones is 1. The van der Waals surface area contributed by atoms with Crippen LogP contribution in [0.15, 0.2) is 46.9 Å². The van der Waals surface area contributed by atoms with Crippen LogP contribution in [-0.2, 0) is 0 Å². The zero-order chi connectivity index (χ0) is 15.2. The van der Waals surface area contributed by atoms with Gasteiger partial charge in [-0.05, 0) is 34.0 Å². The maximum absolute atomic E-state index is 12.0. The van der Waals surface area contributed by atoms with Crippen LogP contribution >= 0.6 is 15.9 Å². The van der Waals surface area contributed by atoms with Crippen LogP contribution < -0.4 is 9.47 Å². The molecule has 0 radical (unpaired) electrons. The van der Waals surface area contributed by atoms with Crippen LogP contribution in [0, 0.1) is 11.8 Å². The van der Waals surface area contributed by atoms with Gasteiger partial charge in [-0.15, -0.1) is 0 Å². The number of hydrogen-bond donors (Lipinski definition) is 0. The van der Waals surface area contributed by atoms with Crippen molar-refractivity contribution in [3.05, 3.63) is 58.1 Å². The predicted molar refractivity (Wildman–Crippen MR) is 84.9 cm³/mol. The molecule has 2 aromatic carbocycles. The van der Waals surface area contributed by atoms with Gasteiger partial charge in [-0.1, -0.05) is 36.3 Å². The largest absolute Gasteiger partial charge is 0.495 e. The van der Waals surface area contributed by atoms with E-state index in [1.54, 1.807) is 50.6 Å². The zero-order valence-corrected chi connectivity index (χ0v) is 13.2. The Hall–Kier alpha value is -2.25. The lowest BCUT2D eigenvalue weighted by molar-refractivity contribution is 0.105. The standard InChI is InChI=1S/C17H13BrO3/c1-20-15-11-9-13(17(21-2)16(15)18)8-10-14(19)12-6-4-3-5-7-12/h3-7,9,11H,1-2H3. The summed E-state index contributed by atoms with van der Waals surface area (Å²) in [6, 6.07) is 12.5. The van der Waals surface area contributed by atoms with Gasteiger partial charge in [-0.25, -0.2) is 0 Å². The number of carbonyl (C=O) groups excluding carboxylic acids is 1. The van der Waals surface area contributed by atoms with Crippen molar-refractivity contribution in [2.24, 2.45) is 0 Å². The van der Waals surface area contributed by atoms with Crippen LogP contribution in [0.3, 0.4) is 0 Å². The summed E-state index contributed by atoms with van der Waals surface area (Å²) in [6.45, 7) is 0. The average Bonchev–Trinajstić information content (AvgIpc) is 2.53. The normalized spacial score (nSPS) is 9.48. The second kappa shape index (κ2) is 6.96. The van der Waals surface area contributed by atoms with Crippen molar-refractivity contribution >= 4 is 21.7 Å². The third kappa shape index (κ3) is 3.45. The number of ether oxygens (including phenoxy) is 2. The molecular weight excluding hydrogens is 332 g/mol. The summed E-state index contributed by atoms with van der Waals surface area (Å²) < 4.78 is 11.2. The molecule has 0 unspecified atom stereocenters. The lowest BCUT2D eigenvalue weighted by Gasteiger charge is -2.09. The lowest BCUT2D eigenvalue weighted by Crippen LogP contribution is -1.96. The van der Waals surface area contributed by atoms with Gasteiger partial charge in [0.1, 0.15) is 10.2 Å². The van der Waals surface area contributed by atoms with Gasteiger partial charge in [0, 0.05) is 5.56 Å². The van der Waals surface area contributed by atoms with Crippen LogP contribution in [-0.4, -0.2) is 20.0 Å². The van der Waals surface area contributed by atoms with E-state index < -0.39 is 0 Å². The lowest BCUT2D eigenvalue weighted by atomic mass is 10.1. The van der Waals surface area contributed by atoms with Gasteiger partial charge in [0.2, 0.25) is 5.78 Å². The van der Waals surface area contributed by atoms with E-state index in [1.807, 2.05) is 6.07 Å². The topological polar surface area (TPSA) is 35.5 Å². The minimum Gasteiger partial charge on any atom is -0.495 e. The molecule has 0 aromatic heterocycles. The summed E-state index contributed by atoms with van der Waals surface area (Å²) >= 11 is 3.40. The molecule has 106 valence electrons. The Labute approximate surface area is 132 Å². The summed E-state index contributed by atoms with van der Waals surface area (Å²) in [6.07, 6.45) is 0. The molecule has 0 aliphatic heterocycles. The number of rotatable bonds is 3. The SMILES string of the molecule is COc1ccc(C#CC(=O)c2ccccc2)c(OC)c1Br. The Morgan fingerprint density at radius 1 is 1.05 bits per heavy atom. The van der Waals surface area contributed by atoms with Crippen LogP contribution in [0.25, 0.3) is 0 Å². The van der Waals surface area contributed by atoms with E-state index in [-0.39, 0.29) is 5.78 Å². The van der Waals surface area contributed by atoms with Crippen molar-refractivity contribution in [3.63, 3.8) is 0 Å². The van der Waals surface area contributed by atoms with E-state index in [0.29, 0.717) is 27.1 Å². The second-order valence-corrected chi connectivity index (χ2v) is 4.90. The molecule has 21 heavy (non-hydrogen) atoms. The molecule has 0 fully saturated rings. The van der Waals surface area contributed by atoms with E-state index in [1.165, 1.54) is 0 Å². The molecule has 0 aliphatic rings. The summed E-state index contributed by atoms with van der Waals surface area (Å²) in [5.74, 6) is 6.43. The highest BCUT2D eigenvalue weighted by molar-refractivity contribution is 9.10. The number of halogens is 1. The predicted octanol–water partition coefficient (Wildman–Crippen LogP) is 3.70. The minimum absolute atomic E-state index is 0.232. The highest BCUT2D eigenvalue weighted by atomic mass is 79.9. The first kappa shape index (κ1) is 15.1. The number of benzene rings is 2. The Balaban J connectivity index is 2.35. The fourth-order valence-electron chi connectivity index (χ4n) is 1.78. The van der Waals surface area contributed by atoms with Crippen LogP contribution in [0.1, 0.15) is 15.9 Å². The Bertz CT molecular complexity index is 712. The molecule has 3 nitrogen and oxygen atoms in total. The summed E-state index contributed by atoms with van der Waals surface area (Å²) in [5.41, 5.74) is 1.19. The Morgan fingerprint density at radius 3 is 2.38 bits per heavy atom. The molecule has 0 heterocycles. The fourth-order valence-corrected chi connectivity index (χ4v) is 2.45. The highest BCUT2D eigenvalue weighted by Gasteiger charge is 2.11. The molecule has 4 heteroatoms. The Kier molecular flexibility index (Phi) is 5.02. The first-order valence-corrected chi connectivity index (χ1v) is 6.98. The molecule has 0 saturated heterocycles. The van der Waals surface area contributed by atoms with Gasteiger partial charge in [-0.3, -0.25) is 4.79 Å². The third-order valence-electron chi connectivity index (χ3n) is 2.83. The summed E-state index contributed by atoms with van der Waals surface area (Å²) in [4.78, 5) is 12.0. The minimum atomic E-state index is -0.232. The van der Waals surface area contributed by atoms with E-state index in [9.17, 15) is 4.79 Å². The first-order valence-electron chi connectivity index (χ1n) is 6.19. The van der Waals surface area contributed by atoms with Crippen LogP contribution in [0.5, 0.6) is 11.5 Å². The first-order chi connectivity index (χ1) is 10.2. The van der Waals surface area contributed by atoms with E-state index >= 15 is 0 Å². The molecule has 0 amide bonds. The summed E-state index contributed by atoms with van der Waals surface area (Å²) in [5, 5.41) is 0.